The average Bonchev–Trinajstić information content (AvgIpc) is 2.90. The molecule has 0 aliphatic carbocycles. The van der Waals surface area contributed by atoms with Gasteiger partial charge in [-0.05, 0) is 59.6 Å². The van der Waals surface area contributed by atoms with E-state index in [9.17, 15) is 4.79 Å². The number of nitrogens with two attached hydrogens (primary N) is 1. The highest BCUT2D eigenvalue weighted by atomic mass is 28.4. The maximum Gasteiger partial charge on any atom is 0.220 e. The Balaban J connectivity index is 1.61. The van der Waals surface area contributed by atoms with Crippen LogP contribution in [0.5, 0.6) is 5.75 Å². The molecule has 38 heavy (non-hydrogen) atoms. The van der Waals surface area contributed by atoms with Crippen LogP contribution in [-0.4, -0.2) is 24.1 Å². The second-order valence-electron chi connectivity index (χ2n) is 10.9. The van der Waals surface area contributed by atoms with E-state index in [0.29, 0.717) is 41.3 Å². The number of nitrogen functional groups attached to an aromatic ring is 1. The normalized spacial score (nSPS) is 11.8. The summed E-state index contributed by atoms with van der Waals surface area (Å²) in [6, 6.07) is 24.7. The lowest BCUT2D eigenvalue weighted by atomic mass is 9.98. The maximum absolute atomic E-state index is 13.6. The molecule has 0 unspecified atom stereocenters. The van der Waals surface area contributed by atoms with E-state index in [1.807, 2.05) is 66.7 Å². The summed E-state index contributed by atoms with van der Waals surface area (Å²) in [5.74, 6) is 0.680. The number of rotatable bonds is 9. The Bertz CT molecular complexity index is 1420. The summed E-state index contributed by atoms with van der Waals surface area (Å²) < 4.78 is 12.5. The fourth-order valence-electron chi connectivity index (χ4n) is 3.71. The topological polar surface area (TPSA) is 87.3 Å². The fraction of sp³-hybridized carbons (Fsp3) is 0.258. The molecule has 1 heterocycles. The van der Waals surface area contributed by atoms with Crippen molar-refractivity contribution in [2.24, 2.45) is 0 Å². The molecule has 0 amide bonds. The van der Waals surface area contributed by atoms with Gasteiger partial charge in [0.2, 0.25) is 5.95 Å². The fourth-order valence-corrected chi connectivity index (χ4v) is 4.67. The highest BCUT2D eigenvalue weighted by molar-refractivity contribution is 6.74. The van der Waals surface area contributed by atoms with Gasteiger partial charge < -0.3 is 14.9 Å². The molecule has 6 nitrogen and oxygen atoms in total. The number of ketones is 1. The Morgan fingerprint density at radius 3 is 2.29 bits per heavy atom. The van der Waals surface area contributed by atoms with Gasteiger partial charge in [-0.25, -0.2) is 9.97 Å². The molecule has 196 valence electrons. The van der Waals surface area contributed by atoms with Crippen LogP contribution in [0.2, 0.25) is 18.1 Å². The first kappa shape index (κ1) is 27.2. The van der Waals surface area contributed by atoms with Gasteiger partial charge in [-0.3, -0.25) is 4.79 Å². The molecule has 0 spiro atoms. The largest absolute Gasteiger partial charge is 0.488 e. The standard InChI is InChI=1S/C31H35N3O3Si/c1-31(2,3)38(4,5)37-21-23-12-9-13-24(18-23)29(35)25-14-15-28(36-20-22-10-7-6-8-11-22)26(19-25)27-16-17-33-30(32)34-27/h6-19H,20-21H2,1-5H3,(H2,32,33,34). The van der Waals surface area contributed by atoms with Gasteiger partial charge in [-0.2, -0.15) is 0 Å². The number of benzene rings is 3. The predicted molar refractivity (Wildman–Crippen MR) is 155 cm³/mol. The van der Waals surface area contributed by atoms with Gasteiger partial charge in [0.25, 0.3) is 0 Å². The highest BCUT2D eigenvalue weighted by Gasteiger charge is 2.37. The molecular weight excluding hydrogens is 490 g/mol. The molecule has 0 aliphatic rings. The van der Waals surface area contributed by atoms with E-state index in [0.717, 1.165) is 11.1 Å². The zero-order valence-electron chi connectivity index (χ0n) is 22.7. The molecule has 7 heteroatoms. The van der Waals surface area contributed by atoms with Crippen molar-refractivity contribution in [3.63, 3.8) is 0 Å². The molecule has 3 aromatic carbocycles. The van der Waals surface area contributed by atoms with E-state index in [-0.39, 0.29) is 16.8 Å². The number of hydrogen-bond acceptors (Lipinski definition) is 6. The Labute approximate surface area is 226 Å². The SMILES string of the molecule is CC(C)(C)[Si](C)(C)OCc1cccc(C(=O)c2ccc(OCc3ccccc3)c(-c3ccnc(N)n3)c2)c1. The van der Waals surface area contributed by atoms with Gasteiger partial charge in [0.1, 0.15) is 12.4 Å². The van der Waals surface area contributed by atoms with Crippen LogP contribution >= 0.6 is 0 Å². The van der Waals surface area contributed by atoms with E-state index < -0.39 is 8.32 Å². The first-order valence-electron chi connectivity index (χ1n) is 12.7. The van der Waals surface area contributed by atoms with Crippen LogP contribution in [-0.2, 0) is 17.6 Å². The quantitative estimate of drug-likeness (QED) is 0.186. The first-order valence-corrected chi connectivity index (χ1v) is 15.6. The zero-order chi connectivity index (χ0) is 27.3. The van der Waals surface area contributed by atoms with Gasteiger partial charge >= 0.3 is 0 Å². The Morgan fingerprint density at radius 1 is 0.868 bits per heavy atom. The van der Waals surface area contributed by atoms with Gasteiger partial charge in [0, 0.05) is 22.9 Å². The molecule has 1 aromatic heterocycles. The van der Waals surface area contributed by atoms with Crippen molar-refractivity contribution in [2.75, 3.05) is 5.73 Å². The molecule has 2 N–H and O–H groups in total. The zero-order valence-corrected chi connectivity index (χ0v) is 23.7. The predicted octanol–water partition coefficient (Wildman–Crippen LogP) is 7.06. The van der Waals surface area contributed by atoms with Gasteiger partial charge in [-0.1, -0.05) is 69.3 Å². The van der Waals surface area contributed by atoms with Crippen LogP contribution in [0.1, 0.15) is 47.8 Å². The molecule has 0 saturated heterocycles. The van der Waals surface area contributed by atoms with Crippen molar-refractivity contribution >= 4 is 20.0 Å². The van der Waals surface area contributed by atoms with Gasteiger partial charge in [-0.15, -0.1) is 0 Å². The lowest BCUT2D eigenvalue weighted by Gasteiger charge is -2.36. The highest BCUT2D eigenvalue weighted by Crippen LogP contribution is 2.37. The second kappa shape index (κ2) is 11.3. The van der Waals surface area contributed by atoms with Crippen molar-refractivity contribution in [1.82, 2.24) is 9.97 Å². The number of anilines is 1. The van der Waals surface area contributed by atoms with Crippen LogP contribution in [0.25, 0.3) is 11.3 Å². The van der Waals surface area contributed by atoms with Gasteiger partial charge in [0.15, 0.2) is 14.1 Å². The summed E-state index contributed by atoms with van der Waals surface area (Å²) >= 11 is 0. The molecular formula is C31H35N3O3Si. The van der Waals surface area contributed by atoms with Crippen LogP contribution in [0.15, 0.2) is 85.1 Å². The van der Waals surface area contributed by atoms with E-state index in [1.165, 1.54) is 0 Å². The maximum atomic E-state index is 13.6. The summed E-state index contributed by atoms with van der Waals surface area (Å²) in [5, 5.41) is 0.117. The molecule has 4 rings (SSSR count). The molecule has 0 aliphatic heterocycles. The number of hydrogen-bond donors (Lipinski definition) is 1. The van der Waals surface area contributed by atoms with Crippen LogP contribution < -0.4 is 10.5 Å². The number of nitrogens with zero attached hydrogens (tertiary/aromatic N) is 2. The summed E-state index contributed by atoms with van der Waals surface area (Å²) in [4.78, 5) is 21.9. The Hall–Kier alpha value is -3.81. The van der Waals surface area contributed by atoms with Crippen LogP contribution in [0.4, 0.5) is 5.95 Å². The lowest BCUT2D eigenvalue weighted by Crippen LogP contribution is -2.40. The summed E-state index contributed by atoms with van der Waals surface area (Å²) in [7, 11) is -1.91. The number of carbonyl (C=O) groups is 1. The molecule has 0 bridgehead atoms. The molecule has 0 radical (unpaired) electrons. The average molecular weight is 526 g/mol. The minimum atomic E-state index is -1.91. The lowest BCUT2D eigenvalue weighted by molar-refractivity contribution is 0.103. The summed E-state index contributed by atoms with van der Waals surface area (Å²) in [6.45, 7) is 12.0. The third-order valence-corrected chi connectivity index (χ3v) is 11.5. The minimum absolute atomic E-state index is 0.0861. The van der Waals surface area contributed by atoms with Crippen LogP contribution in [0.3, 0.4) is 0 Å². The summed E-state index contributed by atoms with van der Waals surface area (Å²) in [5.41, 5.74) is 10.3. The molecule has 0 atom stereocenters. The van der Waals surface area contributed by atoms with E-state index in [1.54, 1.807) is 18.3 Å². The van der Waals surface area contributed by atoms with Crippen molar-refractivity contribution in [3.8, 4) is 17.0 Å². The van der Waals surface area contributed by atoms with E-state index in [2.05, 4.69) is 43.8 Å². The Kier molecular flexibility index (Phi) is 8.09. The second-order valence-corrected chi connectivity index (χ2v) is 15.7. The molecule has 0 fully saturated rings. The van der Waals surface area contributed by atoms with Crippen LogP contribution in [0, 0.1) is 0 Å². The van der Waals surface area contributed by atoms with Crippen molar-refractivity contribution in [3.05, 3.63) is 107 Å². The van der Waals surface area contributed by atoms with Gasteiger partial charge in [0.05, 0.1) is 12.3 Å². The summed E-state index contributed by atoms with van der Waals surface area (Å²) in [6.07, 6.45) is 1.60. The van der Waals surface area contributed by atoms with Crippen molar-refractivity contribution in [1.29, 1.82) is 0 Å². The smallest absolute Gasteiger partial charge is 0.220 e. The molecule has 4 aromatic rings. The van der Waals surface area contributed by atoms with Crippen molar-refractivity contribution in [2.45, 2.75) is 52.1 Å². The Morgan fingerprint density at radius 2 is 1.58 bits per heavy atom. The van der Waals surface area contributed by atoms with Crippen molar-refractivity contribution < 1.29 is 14.0 Å². The first-order chi connectivity index (χ1) is 18.0. The van der Waals surface area contributed by atoms with E-state index in [4.69, 9.17) is 14.9 Å². The number of carbonyl (C=O) groups excluding carboxylic acids is 1. The number of ether oxygens (including phenoxy) is 1. The van der Waals surface area contributed by atoms with E-state index >= 15 is 0 Å². The minimum Gasteiger partial charge on any atom is -0.488 e. The monoisotopic (exact) mass is 525 g/mol. The number of aromatic nitrogens is 2. The third kappa shape index (κ3) is 6.54. The third-order valence-electron chi connectivity index (χ3n) is 7.02. The molecule has 0 saturated carbocycles.